The molecular formula is C5H12NNaO6. The predicted molar refractivity (Wildman–Crippen MR) is 37.0 cm³/mol. The molecule has 1 rings (SSSR count). The van der Waals surface area contributed by atoms with Crippen LogP contribution >= 0.6 is 0 Å². The van der Waals surface area contributed by atoms with Gasteiger partial charge in [-0.25, -0.2) is 0 Å². The van der Waals surface area contributed by atoms with Crippen molar-refractivity contribution in [3.05, 3.63) is 0 Å². The maximum absolute atomic E-state index is 10.4. The summed E-state index contributed by atoms with van der Waals surface area (Å²) in [6.45, 7) is 0. The van der Waals surface area contributed by atoms with Crippen LogP contribution in [0.3, 0.4) is 0 Å². The molecule has 0 radical (unpaired) electrons. The number of carboxylic acids is 1. The van der Waals surface area contributed by atoms with Crippen molar-refractivity contribution in [2.45, 2.75) is 18.9 Å². The Kier molecular flexibility index (Phi) is 17.5. The largest absolute Gasteiger partial charge is 1.00 e. The number of carbonyl (C=O) groups is 2. The van der Waals surface area contributed by atoms with Gasteiger partial charge in [-0.15, -0.1) is 0 Å². The molecular weight excluding hydrogens is 193 g/mol. The Labute approximate surface area is 96.7 Å². The molecule has 8 heteroatoms. The second-order valence-corrected chi connectivity index (χ2v) is 1.98. The summed E-state index contributed by atoms with van der Waals surface area (Å²) in [6, 6.07) is -0.752. The van der Waals surface area contributed by atoms with E-state index in [2.05, 4.69) is 5.32 Å². The molecule has 1 fully saturated rings. The van der Waals surface area contributed by atoms with Crippen molar-refractivity contribution >= 4 is 11.9 Å². The van der Waals surface area contributed by atoms with E-state index in [1.165, 1.54) is 0 Å². The summed E-state index contributed by atoms with van der Waals surface area (Å²) in [5, 5.41) is 12.3. The zero-order valence-corrected chi connectivity index (χ0v) is 9.22. The molecule has 0 aromatic carbocycles. The summed E-state index contributed by atoms with van der Waals surface area (Å²) in [7, 11) is 0. The third-order valence-electron chi connectivity index (χ3n) is 1.28. The molecule has 7 nitrogen and oxygen atoms in total. The maximum atomic E-state index is 10.4. The van der Waals surface area contributed by atoms with Gasteiger partial charge < -0.3 is 31.6 Å². The van der Waals surface area contributed by atoms with E-state index in [-0.39, 0.29) is 51.9 Å². The number of aliphatic carboxylic acids is 1. The van der Waals surface area contributed by atoms with Gasteiger partial charge in [-0.05, 0) is 6.42 Å². The summed E-state index contributed by atoms with van der Waals surface area (Å²) in [4.78, 5) is 20.4. The van der Waals surface area contributed by atoms with Crippen LogP contribution in [0.1, 0.15) is 12.8 Å². The van der Waals surface area contributed by atoms with Crippen LogP contribution in [0, 0.1) is 0 Å². The van der Waals surface area contributed by atoms with E-state index >= 15 is 0 Å². The molecule has 0 saturated carbocycles. The Morgan fingerprint density at radius 2 is 1.85 bits per heavy atom. The van der Waals surface area contributed by atoms with Gasteiger partial charge >= 0.3 is 29.6 Å². The van der Waals surface area contributed by atoms with Crippen LogP contribution in [0.5, 0.6) is 0 Å². The van der Waals surface area contributed by atoms with E-state index in [1.807, 2.05) is 0 Å². The maximum Gasteiger partial charge on any atom is 1.00 e. The van der Waals surface area contributed by atoms with Crippen LogP contribution in [0.15, 0.2) is 0 Å². The molecule has 1 heterocycles. The average molecular weight is 205 g/mol. The molecule has 0 bridgehead atoms. The van der Waals surface area contributed by atoms with Gasteiger partial charge in [0.15, 0.2) is 0 Å². The predicted octanol–water partition coefficient (Wildman–Crippen LogP) is -7.46. The van der Waals surface area contributed by atoms with Crippen LogP contribution in [-0.4, -0.2) is 34.3 Å². The quantitative estimate of drug-likeness (QED) is 0.421. The minimum absolute atomic E-state index is 0. The molecule has 0 unspecified atom stereocenters. The molecule has 13 heavy (non-hydrogen) atoms. The molecule has 0 aromatic heterocycles. The number of rotatable bonds is 1. The Balaban J connectivity index is -0.000000101. The van der Waals surface area contributed by atoms with Gasteiger partial charge in [-0.3, -0.25) is 4.79 Å². The Hall–Kier alpha value is -0.180. The molecule has 74 valence electrons. The second kappa shape index (κ2) is 9.90. The number of hydrogen-bond donors (Lipinski definition) is 1. The summed E-state index contributed by atoms with van der Waals surface area (Å²) < 4.78 is 0. The summed E-state index contributed by atoms with van der Waals surface area (Å²) in [5.41, 5.74) is 0. The first-order valence-electron chi connectivity index (χ1n) is 2.70. The van der Waals surface area contributed by atoms with Crippen molar-refractivity contribution in [2.75, 3.05) is 0 Å². The van der Waals surface area contributed by atoms with Crippen molar-refractivity contribution in [1.29, 1.82) is 0 Å². The third-order valence-corrected chi connectivity index (χ3v) is 1.28. The van der Waals surface area contributed by atoms with Crippen LogP contribution in [-0.2, 0) is 9.59 Å². The van der Waals surface area contributed by atoms with Crippen molar-refractivity contribution in [3.8, 4) is 0 Å². The van der Waals surface area contributed by atoms with Crippen molar-refractivity contribution in [2.24, 2.45) is 0 Å². The number of nitrogens with one attached hydrogen (secondary N) is 1. The van der Waals surface area contributed by atoms with Gasteiger partial charge in [0, 0.05) is 6.42 Å². The smallest absolute Gasteiger partial charge is 0.548 e. The van der Waals surface area contributed by atoms with Crippen molar-refractivity contribution in [3.63, 3.8) is 0 Å². The molecule has 1 atom stereocenters. The van der Waals surface area contributed by atoms with E-state index in [0.29, 0.717) is 12.8 Å². The first-order chi connectivity index (χ1) is 4.20. The van der Waals surface area contributed by atoms with Gasteiger partial charge in [0.1, 0.15) is 0 Å². The fourth-order valence-electron chi connectivity index (χ4n) is 0.791. The molecule has 1 aliphatic rings. The van der Waals surface area contributed by atoms with Gasteiger partial charge in [-0.1, -0.05) is 0 Å². The van der Waals surface area contributed by atoms with Crippen LogP contribution < -0.4 is 40.0 Å². The second-order valence-electron chi connectivity index (χ2n) is 1.98. The van der Waals surface area contributed by atoms with E-state index in [9.17, 15) is 14.7 Å². The molecule has 1 amide bonds. The molecule has 0 spiro atoms. The molecule has 0 aliphatic carbocycles. The van der Waals surface area contributed by atoms with E-state index in [1.54, 1.807) is 0 Å². The average Bonchev–Trinajstić information content (AvgIpc) is 2.14. The molecule has 0 aromatic rings. The fraction of sp³-hybridized carbons (Fsp3) is 0.600. The number of carbonyl (C=O) groups excluding carboxylic acids is 2. The minimum atomic E-state index is -1.19. The zero-order chi connectivity index (χ0) is 6.85. The van der Waals surface area contributed by atoms with Gasteiger partial charge in [-0.2, -0.15) is 0 Å². The molecule has 1 saturated heterocycles. The van der Waals surface area contributed by atoms with E-state index in [4.69, 9.17) is 0 Å². The van der Waals surface area contributed by atoms with Gasteiger partial charge in [0.05, 0.1) is 12.0 Å². The Morgan fingerprint density at radius 3 is 2.00 bits per heavy atom. The zero-order valence-electron chi connectivity index (χ0n) is 7.22. The van der Waals surface area contributed by atoms with Crippen molar-refractivity contribution in [1.82, 2.24) is 5.32 Å². The molecule has 7 N–H and O–H groups in total. The third kappa shape index (κ3) is 6.94. The minimum Gasteiger partial charge on any atom is -0.548 e. The fourth-order valence-corrected chi connectivity index (χ4v) is 0.791. The SMILES string of the molecule is O.O.O.O=C1CC[C@@H](C(=O)[O-])N1.[Na+]. The molecule has 1 aliphatic heterocycles. The summed E-state index contributed by atoms with van der Waals surface area (Å²) in [5.74, 6) is -1.40. The van der Waals surface area contributed by atoms with E-state index in [0.717, 1.165) is 0 Å². The first kappa shape index (κ1) is 23.0. The Bertz CT molecular complexity index is 163. The number of carboxylic acid groups (broad SMARTS) is 1. The van der Waals surface area contributed by atoms with Crippen LogP contribution in [0.25, 0.3) is 0 Å². The van der Waals surface area contributed by atoms with E-state index < -0.39 is 12.0 Å². The summed E-state index contributed by atoms with van der Waals surface area (Å²) >= 11 is 0. The van der Waals surface area contributed by atoms with Crippen LogP contribution in [0.4, 0.5) is 0 Å². The Morgan fingerprint density at radius 1 is 1.38 bits per heavy atom. The monoisotopic (exact) mass is 205 g/mol. The normalized spacial score (nSPS) is 17.8. The summed E-state index contributed by atoms with van der Waals surface area (Å²) in [6.07, 6.45) is 0.666. The van der Waals surface area contributed by atoms with Crippen LogP contribution in [0.2, 0.25) is 0 Å². The number of amides is 1. The standard InChI is InChI=1S/C5H7NO3.Na.3H2O/c7-4-2-1-3(6-4)5(8)9;;;;/h3H,1-2H2,(H,6,7)(H,8,9);;3*1H2/q;+1;;;/p-1/t3-;;;;/m0..../s1. The van der Waals surface area contributed by atoms with Gasteiger partial charge in [0.2, 0.25) is 5.91 Å². The van der Waals surface area contributed by atoms with Crippen molar-refractivity contribution < 1.29 is 60.7 Å². The van der Waals surface area contributed by atoms with Gasteiger partial charge in [0.25, 0.3) is 0 Å². The number of hydrogen-bond acceptors (Lipinski definition) is 3. The topological polar surface area (TPSA) is 164 Å². The first-order valence-corrected chi connectivity index (χ1v) is 2.70.